The molecule has 2 aromatic rings. The van der Waals surface area contributed by atoms with Crippen LogP contribution in [0.25, 0.3) is 6.08 Å². The molecule has 0 aliphatic carbocycles. The highest BCUT2D eigenvalue weighted by atomic mass is 19.1. The SMILES string of the molecule is COc1ccc(C(O)C(C)NC(=O)C/C=C/c2ccc(F)cc2)cc1. The lowest BCUT2D eigenvalue weighted by atomic mass is 10.0. The van der Waals surface area contributed by atoms with Crippen molar-refractivity contribution < 1.29 is 19.0 Å². The van der Waals surface area contributed by atoms with E-state index < -0.39 is 12.1 Å². The summed E-state index contributed by atoms with van der Waals surface area (Å²) in [6.07, 6.45) is 2.83. The molecular formula is C20H22FNO3. The summed E-state index contributed by atoms with van der Waals surface area (Å²) >= 11 is 0. The number of aliphatic hydroxyl groups is 1. The number of nitrogens with one attached hydrogen (secondary N) is 1. The summed E-state index contributed by atoms with van der Waals surface area (Å²) in [4.78, 5) is 12.0. The summed E-state index contributed by atoms with van der Waals surface area (Å²) in [6.45, 7) is 1.75. The molecule has 0 heterocycles. The van der Waals surface area contributed by atoms with Crippen molar-refractivity contribution in [3.63, 3.8) is 0 Å². The minimum absolute atomic E-state index is 0.178. The lowest BCUT2D eigenvalue weighted by Crippen LogP contribution is -2.36. The number of amides is 1. The molecule has 0 fully saturated rings. The number of aliphatic hydroxyl groups excluding tert-OH is 1. The Bertz CT molecular complexity index is 711. The van der Waals surface area contributed by atoms with E-state index in [9.17, 15) is 14.3 Å². The zero-order valence-corrected chi connectivity index (χ0v) is 14.3. The molecule has 5 heteroatoms. The molecule has 0 radical (unpaired) electrons. The molecule has 4 nitrogen and oxygen atoms in total. The van der Waals surface area contributed by atoms with Crippen LogP contribution in [0.3, 0.4) is 0 Å². The van der Waals surface area contributed by atoms with Gasteiger partial charge in [0.05, 0.1) is 19.3 Å². The minimum Gasteiger partial charge on any atom is -0.497 e. The molecule has 25 heavy (non-hydrogen) atoms. The van der Waals surface area contributed by atoms with Crippen molar-refractivity contribution in [2.24, 2.45) is 0 Å². The third kappa shape index (κ3) is 5.72. The van der Waals surface area contributed by atoms with Gasteiger partial charge in [-0.3, -0.25) is 4.79 Å². The number of carbonyl (C=O) groups excluding carboxylic acids is 1. The van der Waals surface area contributed by atoms with Gasteiger partial charge in [-0.2, -0.15) is 0 Å². The van der Waals surface area contributed by atoms with Crippen LogP contribution < -0.4 is 10.1 Å². The Hall–Kier alpha value is -2.66. The molecule has 2 unspecified atom stereocenters. The molecule has 0 bridgehead atoms. The standard InChI is InChI=1S/C20H22FNO3/c1-14(20(24)16-8-12-18(25-2)13-9-16)22-19(23)5-3-4-15-6-10-17(21)11-7-15/h3-4,6-14,20,24H,5H2,1-2H3,(H,22,23)/b4-3+. The second-order valence-corrected chi connectivity index (χ2v) is 5.73. The van der Waals surface area contributed by atoms with Gasteiger partial charge in [-0.25, -0.2) is 4.39 Å². The number of ether oxygens (including phenoxy) is 1. The van der Waals surface area contributed by atoms with E-state index in [1.807, 2.05) is 0 Å². The van der Waals surface area contributed by atoms with Crippen molar-refractivity contribution >= 4 is 12.0 Å². The van der Waals surface area contributed by atoms with E-state index in [0.29, 0.717) is 11.3 Å². The van der Waals surface area contributed by atoms with Gasteiger partial charge in [0.15, 0.2) is 0 Å². The first-order chi connectivity index (χ1) is 12.0. The number of hydrogen-bond donors (Lipinski definition) is 2. The average molecular weight is 343 g/mol. The maximum absolute atomic E-state index is 12.8. The fourth-order valence-electron chi connectivity index (χ4n) is 2.36. The summed E-state index contributed by atoms with van der Waals surface area (Å²) < 4.78 is 17.9. The number of benzene rings is 2. The third-order valence-corrected chi connectivity index (χ3v) is 3.80. The third-order valence-electron chi connectivity index (χ3n) is 3.80. The van der Waals surface area contributed by atoms with Crippen LogP contribution in [0.2, 0.25) is 0 Å². The quantitative estimate of drug-likeness (QED) is 0.809. The van der Waals surface area contributed by atoms with Gasteiger partial charge >= 0.3 is 0 Å². The van der Waals surface area contributed by atoms with E-state index in [4.69, 9.17) is 4.74 Å². The second-order valence-electron chi connectivity index (χ2n) is 5.73. The number of halogens is 1. The van der Waals surface area contributed by atoms with Crippen LogP contribution >= 0.6 is 0 Å². The van der Waals surface area contributed by atoms with Crippen molar-refractivity contribution in [1.82, 2.24) is 5.32 Å². The van der Waals surface area contributed by atoms with E-state index in [1.165, 1.54) is 12.1 Å². The zero-order chi connectivity index (χ0) is 18.2. The van der Waals surface area contributed by atoms with E-state index in [2.05, 4.69) is 5.32 Å². The fraction of sp³-hybridized carbons (Fsp3) is 0.250. The Morgan fingerprint density at radius 1 is 1.20 bits per heavy atom. The lowest BCUT2D eigenvalue weighted by Gasteiger charge is -2.20. The number of methoxy groups -OCH3 is 1. The topological polar surface area (TPSA) is 58.6 Å². The van der Waals surface area contributed by atoms with Gasteiger partial charge < -0.3 is 15.2 Å². The van der Waals surface area contributed by atoms with E-state index >= 15 is 0 Å². The van der Waals surface area contributed by atoms with Gasteiger partial charge in [0.1, 0.15) is 11.6 Å². The smallest absolute Gasteiger partial charge is 0.224 e. The summed E-state index contributed by atoms with van der Waals surface area (Å²) in [5.74, 6) is 0.216. The van der Waals surface area contributed by atoms with Gasteiger partial charge in [0.25, 0.3) is 0 Å². The Labute approximate surface area is 147 Å². The zero-order valence-electron chi connectivity index (χ0n) is 14.3. The summed E-state index contributed by atoms with van der Waals surface area (Å²) in [5, 5.41) is 13.1. The van der Waals surface area contributed by atoms with E-state index in [0.717, 1.165) is 5.56 Å². The van der Waals surface area contributed by atoms with Crippen molar-refractivity contribution in [2.45, 2.75) is 25.5 Å². The molecule has 2 atom stereocenters. The molecule has 2 aromatic carbocycles. The second kappa shape index (κ2) is 8.99. The Morgan fingerprint density at radius 2 is 1.84 bits per heavy atom. The first kappa shape index (κ1) is 18.7. The monoisotopic (exact) mass is 343 g/mol. The summed E-state index contributed by atoms with van der Waals surface area (Å²) in [7, 11) is 1.58. The normalized spacial score (nSPS) is 13.4. The largest absolute Gasteiger partial charge is 0.497 e. The first-order valence-corrected chi connectivity index (χ1v) is 8.03. The molecule has 0 saturated heterocycles. The number of hydrogen-bond acceptors (Lipinski definition) is 3. The molecule has 0 aliphatic heterocycles. The Balaban J connectivity index is 1.84. The van der Waals surface area contributed by atoms with Crippen molar-refractivity contribution in [1.29, 1.82) is 0 Å². The molecular weight excluding hydrogens is 321 g/mol. The van der Waals surface area contributed by atoms with Gasteiger partial charge in [-0.15, -0.1) is 0 Å². The van der Waals surface area contributed by atoms with Crippen molar-refractivity contribution in [3.05, 3.63) is 71.6 Å². The van der Waals surface area contributed by atoms with Crippen LogP contribution in [0.15, 0.2) is 54.6 Å². The van der Waals surface area contributed by atoms with Crippen molar-refractivity contribution in [2.75, 3.05) is 7.11 Å². The first-order valence-electron chi connectivity index (χ1n) is 8.03. The highest BCUT2D eigenvalue weighted by molar-refractivity contribution is 5.78. The van der Waals surface area contributed by atoms with Crippen LogP contribution in [0.4, 0.5) is 4.39 Å². The fourth-order valence-corrected chi connectivity index (χ4v) is 2.36. The van der Waals surface area contributed by atoms with Crippen molar-refractivity contribution in [3.8, 4) is 5.75 Å². The minimum atomic E-state index is -0.809. The van der Waals surface area contributed by atoms with Crippen LogP contribution in [0, 0.1) is 5.82 Å². The molecule has 132 valence electrons. The number of carbonyl (C=O) groups is 1. The van der Waals surface area contributed by atoms with Gasteiger partial charge in [-0.1, -0.05) is 36.4 Å². The van der Waals surface area contributed by atoms with Gasteiger partial charge in [0.2, 0.25) is 5.91 Å². The molecule has 2 rings (SSSR count). The molecule has 0 aliphatic rings. The van der Waals surface area contributed by atoms with Crippen LogP contribution in [-0.4, -0.2) is 24.2 Å². The summed E-state index contributed by atoms with van der Waals surface area (Å²) in [5.41, 5.74) is 1.52. The maximum Gasteiger partial charge on any atom is 0.224 e. The predicted octanol–water partition coefficient (Wildman–Crippen LogP) is 3.48. The molecule has 0 saturated carbocycles. The average Bonchev–Trinajstić information content (AvgIpc) is 2.62. The van der Waals surface area contributed by atoms with Crippen LogP contribution in [0.5, 0.6) is 5.75 Å². The Morgan fingerprint density at radius 3 is 2.44 bits per heavy atom. The summed E-state index contributed by atoms with van der Waals surface area (Å²) in [6, 6.07) is 12.6. The van der Waals surface area contributed by atoms with E-state index in [1.54, 1.807) is 62.6 Å². The van der Waals surface area contributed by atoms with Gasteiger partial charge in [0, 0.05) is 6.42 Å². The maximum atomic E-state index is 12.8. The van der Waals surface area contributed by atoms with Gasteiger partial charge in [-0.05, 0) is 42.3 Å². The highest BCUT2D eigenvalue weighted by Gasteiger charge is 2.17. The molecule has 2 N–H and O–H groups in total. The molecule has 1 amide bonds. The lowest BCUT2D eigenvalue weighted by molar-refractivity contribution is -0.121. The molecule has 0 spiro atoms. The van der Waals surface area contributed by atoms with Crippen LogP contribution in [0.1, 0.15) is 30.6 Å². The van der Waals surface area contributed by atoms with Crippen LogP contribution in [-0.2, 0) is 4.79 Å². The predicted molar refractivity (Wildman–Crippen MR) is 95.6 cm³/mol. The van der Waals surface area contributed by atoms with E-state index in [-0.39, 0.29) is 18.1 Å². The molecule has 0 aromatic heterocycles. The number of rotatable bonds is 7. The highest BCUT2D eigenvalue weighted by Crippen LogP contribution is 2.20. The Kier molecular flexibility index (Phi) is 6.71.